The number of Topliss-reactive ketones (excluding diaryl/α,β-unsaturated/α-hetero) is 4. The summed E-state index contributed by atoms with van der Waals surface area (Å²) >= 11 is 0. The minimum atomic E-state index is -1.61. The molecule has 0 bridgehead atoms. The Morgan fingerprint density at radius 2 is 1.56 bits per heavy atom. The van der Waals surface area contributed by atoms with E-state index in [0.717, 1.165) is 5.56 Å². The van der Waals surface area contributed by atoms with E-state index in [1.54, 1.807) is 32.0 Å². The fourth-order valence-corrected chi connectivity index (χ4v) is 5.24. The third-order valence-corrected chi connectivity index (χ3v) is 6.72. The summed E-state index contributed by atoms with van der Waals surface area (Å²) in [5.74, 6) is -1.05. The van der Waals surface area contributed by atoms with E-state index in [-0.39, 0.29) is 45.4 Å². The summed E-state index contributed by atoms with van der Waals surface area (Å²) in [4.78, 5) is 52.7. The first-order valence-electron chi connectivity index (χ1n) is 10.2. The van der Waals surface area contributed by atoms with E-state index in [0.29, 0.717) is 16.9 Å². The van der Waals surface area contributed by atoms with Crippen LogP contribution in [0, 0.1) is 13.8 Å². The number of carbonyl (C=O) groups excluding carboxylic acids is 4. The Hall–Kier alpha value is -3.36. The van der Waals surface area contributed by atoms with Crippen molar-refractivity contribution in [3.8, 4) is 11.5 Å². The number of aryl methyl sites for hydroxylation is 2. The molecule has 2 aromatic carbocycles. The normalized spacial score (nSPS) is 29.1. The molecule has 0 amide bonds. The molecule has 2 aliphatic heterocycles. The zero-order chi connectivity index (χ0) is 22.7. The maximum absolute atomic E-state index is 13.8. The van der Waals surface area contributed by atoms with Crippen LogP contribution in [-0.2, 0) is 15.1 Å². The Morgan fingerprint density at radius 1 is 0.844 bits per heavy atom. The van der Waals surface area contributed by atoms with Crippen LogP contribution in [0.3, 0.4) is 0 Å². The van der Waals surface area contributed by atoms with E-state index >= 15 is 0 Å². The third kappa shape index (κ3) is 2.09. The van der Waals surface area contributed by atoms with E-state index in [1.165, 1.54) is 14.2 Å². The highest BCUT2D eigenvalue weighted by atomic mass is 16.6. The molecule has 0 radical (unpaired) electrons. The van der Waals surface area contributed by atoms with E-state index in [4.69, 9.17) is 18.9 Å². The summed E-state index contributed by atoms with van der Waals surface area (Å²) in [6, 6.07) is 4.89. The van der Waals surface area contributed by atoms with Crippen LogP contribution in [0.4, 0.5) is 0 Å². The fourth-order valence-electron chi connectivity index (χ4n) is 5.24. The summed E-state index contributed by atoms with van der Waals surface area (Å²) < 4.78 is 22.0. The van der Waals surface area contributed by atoms with Gasteiger partial charge in [0.25, 0.3) is 0 Å². The molecule has 2 heterocycles. The van der Waals surface area contributed by atoms with Crippen molar-refractivity contribution in [2.24, 2.45) is 0 Å². The van der Waals surface area contributed by atoms with Gasteiger partial charge in [0.2, 0.25) is 5.78 Å². The highest BCUT2D eigenvalue weighted by Crippen LogP contribution is 2.59. The van der Waals surface area contributed by atoms with E-state index < -0.39 is 29.7 Å². The molecular weight excluding hydrogens is 416 g/mol. The number of hydrogen-bond donors (Lipinski definition) is 0. The molecule has 2 aromatic rings. The van der Waals surface area contributed by atoms with Crippen molar-refractivity contribution in [2.45, 2.75) is 37.8 Å². The van der Waals surface area contributed by atoms with Crippen molar-refractivity contribution in [1.29, 1.82) is 0 Å². The maximum atomic E-state index is 13.8. The number of epoxide rings is 2. The maximum Gasteiger partial charge on any atom is 0.203 e. The number of hydrogen-bond acceptors (Lipinski definition) is 8. The lowest BCUT2D eigenvalue weighted by Crippen LogP contribution is -2.37. The third-order valence-electron chi connectivity index (χ3n) is 6.72. The predicted molar refractivity (Wildman–Crippen MR) is 108 cm³/mol. The molecule has 0 saturated carbocycles. The summed E-state index contributed by atoms with van der Waals surface area (Å²) in [5, 5.41) is 0. The second-order valence-electron chi connectivity index (χ2n) is 8.55. The molecule has 32 heavy (non-hydrogen) atoms. The Balaban J connectivity index is 1.61. The number of ether oxygens (including phenoxy) is 4. The smallest absolute Gasteiger partial charge is 0.203 e. The van der Waals surface area contributed by atoms with Crippen molar-refractivity contribution >= 4 is 23.1 Å². The van der Waals surface area contributed by atoms with Gasteiger partial charge in [0.1, 0.15) is 11.5 Å². The van der Waals surface area contributed by atoms with Crippen LogP contribution in [0.5, 0.6) is 11.5 Å². The van der Waals surface area contributed by atoms with E-state index in [2.05, 4.69) is 0 Å². The quantitative estimate of drug-likeness (QED) is 0.676. The Morgan fingerprint density at radius 3 is 2.25 bits per heavy atom. The number of fused-ring (bicyclic) bond motifs is 4. The summed E-state index contributed by atoms with van der Waals surface area (Å²) in [7, 11) is 2.80. The van der Waals surface area contributed by atoms with Gasteiger partial charge >= 0.3 is 0 Å². The van der Waals surface area contributed by atoms with Gasteiger partial charge in [0.15, 0.2) is 41.3 Å². The first-order valence-corrected chi connectivity index (χ1v) is 10.2. The first-order chi connectivity index (χ1) is 15.3. The van der Waals surface area contributed by atoms with E-state index in [9.17, 15) is 19.2 Å². The van der Waals surface area contributed by atoms with Gasteiger partial charge in [-0.3, -0.25) is 19.2 Å². The standard InChI is InChI=1S/C24H18O8/c1-8-5-11-13(12(6-8)29-3)18(27)23-24(32-23,22(11)28)15-9(2)7-10-14(19(15)30-4)17(26)21-20(31-21)16(10)25/h5-7,20-21,23H,1-4H3. The summed E-state index contributed by atoms with van der Waals surface area (Å²) in [6.45, 7) is 3.50. The molecule has 2 aliphatic carbocycles. The molecule has 0 N–H and O–H groups in total. The van der Waals surface area contributed by atoms with Crippen LogP contribution >= 0.6 is 0 Å². The lowest BCUT2D eigenvalue weighted by molar-refractivity contribution is 0.0852. The molecule has 8 nitrogen and oxygen atoms in total. The molecule has 2 fully saturated rings. The Labute approximate surface area is 182 Å². The van der Waals surface area contributed by atoms with Crippen molar-refractivity contribution < 1.29 is 38.1 Å². The van der Waals surface area contributed by atoms with Crippen LogP contribution in [-0.4, -0.2) is 55.7 Å². The Bertz CT molecular complexity index is 1320. The number of benzene rings is 2. The average Bonchev–Trinajstić information content (AvgIpc) is 3.68. The number of ketones is 4. The second-order valence-corrected chi connectivity index (χ2v) is 8.55. The summed E-state index contributed by atoms with van der Waals surface area (Å²) in [6.07, 6.45) is -2.65. The molecular formula is C24H18O8. The molecule has 4 aliphatic rings. The number of rotatable bonds is 3. The van der Waals surface area contributed by atoms with Gasteiger partial charge in [0, 0.05) is 16.7 Å². The lowest BCUT2D eigenvalue weighted by Gasteiger charge is -2.26. The SMILES string of the molecule is COc1cc(C)cc2c1C(=O)C1OC1(c1c(C)cc3c(c1OC)C(=O)C1OC1C3=O)C2=O. The van der Waals surface area contributed by atoms with Gasteiger partial charge in [-0.15, -0.1) is 0 Å². The predicted octanol–water partition coefficient (Wildman–Crippen LogP) is 2.14. The van der Waals surface area contributed by atoms with E-state index in [1.807, 2.05) is 0 Å². The highest BCUT2D eigenvalue weighted by Gasteiger charge is 2.72. The average molecular weight is 434 g/mol. The van der Waals surface area contributed by atoms with Crippen molar-refractivity contribution in [2.75, 3.05) is 14.2 Å². The molecule has 8 heteroatoms. The largest absolute Gasteiger partial charge is 0.496 e. The van der Waals surface area contributed by atoms with Crippen LogP contribution in [0.2, 0.25) is 0 Å². The molecule has 6 rings (SSSR count). The van der Waals surface area contributed by atoms with Crippen molar-refractivity contribution in [1.82, 2.24) is 0 Å². The number of carbonyl (C=O) groups is 4. The highest BCUT2D eigenvalue weighted by molar-refractivity contribution is 6.26. The van der Waals surface area contributed by atoms with Crippen molar-refractivity contribution in [3.05, 3.63) is 57.1 Å². The van der Waals surface area contributed by atoms with Gasteiger partial charge in [-0.25, -0.2) is 0 Å². The van der Waals surface area contributed by atoms with Crippen LogP contribution in [0.1, 0.15) is 58.1 Å². The second kappa shape index (κ2) is 5.90. The zero-order valence-electron chi connectivity index (χ0n) is 17.7. The minimum absolute atomic E-state index is 0.0772. The van der Waals surface area contributed by atoms with Crippen LogP contribution < -0.4 is 9.47 Å². The van der Waals surface area contributed by atoms with Gasteiger partial charge in [-0.2, -0.15) is 0 Å². The molecule has 4 unspecified atom stereocenters. The topological polar surface area (TPSA) is 112 Å². The minimum Gasteiger partial charge on any atom is -0.496 e. The van der Waals surface area contributed by atoms with Crippen molar-refractivity contribution in [3.63, 3.8) is 0 Å². The summed E-state index contributed by atoms with van der Waals surface area (Å²) in [5.41, 5.74) is 0.631. The fraction of sp³-hybridized carbons (Fsp3) is 0.333. The Kier molecular flexibility index (Phi) is 3.57. The van der Waals surface area contributed by atoms with Gasteiger partial charge < -0.3 is 18.9 Å². The van der Waals surface area contributed by atoms with Gasteiger partial charge in [-0.05, 0) is 43.2 Å². The first kappa shape index (κ1) is 19.3. The molecule has 0 aromatic heterocycles. The van der Waals surface area contributed by atoms with Gasteiger partial charge in [-0.1, -0.05) is 0 Å². The molecule has 162 valence electrons. The molecule has 0 spiro atoms. The monoisotopic (exact) mass is 434 g/mol. The molecule has 2 saturated heterocycles. The lowest BCUT2D eigenvalue weighted by atomic mass is 9.74. The van der Waals surface area contributed by atoms with Gasteiger partial charge in [0.05, 0.1) is 25.3 Å². The molecule has 4 atom stereocenters. The van der Waals surface area contributed by atoms with Crippen LogP contribution in [0.25, 0.3) is 0 Å². The van der Waals surface area contributed by atoms with Crippen LogP contribution in [0.15, 0.2) is 18.2 Å². The zero-order valence-corrected chi connectivity index (χ0v) is 17.7. The number of methoxy groups -OCH3 is 2.